The van der Waals surface area contributed by atoms with Gasteiger partial charge < -0.3 is 4.90 Å². The molecule has 0 bridgehead atoms. The molecule has 0 unspecified atom stereocenters. The molecule has 0 aliphatic rings. The lowest BCUT2D eigenvalue weighted by Gasteiger charge is -2.23. The summed E-state index contributed by atoms with van der Waals surface area (Å²) in [5, 5.41) is 0. The van der Waals surface area contributed by atoms with Crippen LogP contribution in [0.4, 0.5) is 0 Å². The Morgan fingerprint density at radius 3 is 1.52 bits per heavy atom. The van der Waals surface area contributed by atoms with E-state index in [-0.39, 0.29) is 10.5 Å². The average molecular weight is 362 g/mol. The van der Waals surface area contributed by atoms with E-state index in [4.69, 9.17) is 0 Å². The minimum atomic E-state index is -0.140. The summed E-state index contributed by atoms with van der Waals surface area (Å²) in [7, 11) is 0. The third-order valence-electron chi connectivity index (χ3n) is 4.27. The maximum Gasteiger partial charge on any atom is 0.224 e. The van der Waals surface area contributed by atoms with Crippen molar-refractivity contribution in [1.82, 2.24) is 4.90 Å². The monoisotopic (exact) mass is 361 g/mol. The van der Waals surface area contributed by atoms with Crippen molar-refractivity contribution in [2.75, 3.05) is 13.1 Å². The highest BCUT2D eigenvalue weighted by Crippen LogP contribution is 2.13. The number of carbonyl (C=O) groups is 1. The number of rotatable bonds is 16. The fourth-order valence-electron chi connectivity index (χ4n) is 2.81. The molecule has 23 heavy (non-hydrogen) atoms. The van der Waals surface area contributed by atoms with Crippen LogP contribution in [0.5, 0.6) is 0 Å². The van der Waals surface area contributed by atoms with Gasteiger partial charge in [-0.15, -0.1) is 0 Å². The maximum absolute atomic E-state index is 12.3. The van der Waals surface area contributed by atoms with Crippen molar-refractivity contribution in [3.05, 3.63) is 0 Å². The molecule has 0 rings (SSSR count). The normalized spacial score (nSPS) is 11.2. The molecule has 0 fully saturated rings. The van der Waals surface area contributed by atoms with Gasteiger partial charge in [0.15, 0.2) is 0 Å². The molecule has 4 heteroatoms. The predicted octanol–water partition coefficient (Wildman–Crippen LogP) is 6.11. The molecule has 0 saturated carbocycles. The minimum absolute atomic E-state index is 0.140. The Balaban J connectivity index is 3.96. The molecule has 0 spiro atoms. The molecular weight excluding hydrogens is 322 g/mol. The van der Waals surface area contributed by atoms with Crippen LogP contribution in [-0.4, -0.2) is 28.5 Å². The summed E-state index contributed by atoms with van der Waals surface area (Å²) in [6.45, 7) is 6.31. The van der Waals surface area contributed by atoms with Crippen molar-refractivity contribution in [3.8, 4) is 0 Å². The number of unbranched alkanes of at least 4 members (excludes halogenated alkanes) is 10. The van der Waals surface area contributed by atoms with Gasteiger partial charge in [-0.3, -0.25) is 4.79 Å². The quantitative estimate of drug-likeness (QED) is 0.193. The summed E-state index contributed by atoms with van der Waals surface area (Å²) in [5.41, 5.74) is 0. The van der Waals surface area contributed by atoms with Gasteiger partial charge in [-0.1, -0.05) is 78.1 Å². The van der Waals surface area contributed by atoms with Gasteiger partial charge in [-0.05, 0) is 12.8 Å². The SMILES string of the molecule is CCCCCCCCN(CCCCCCCC)C(=O)CC(S)S. The average Bonchev–Trinajstić information content (AvgIpc) is 2.51. The second kappa shape index (κ2) is 17.0. The number of thiol groups is 2. The fraction of sp³-hybridized carbons (Fsp3) is 0.947. The minimum Gasteiger partial charge on any atom is -0.343 e. The Hall–Kier alpha value is 0.170. The van der Waals surface area contributed by atoms with Crippen molar-refractivity contribution in [3.63, 3.8) is 0 Å². The highest BCUT2D eigenvalue weighted by molar-refractivity contribution is 7.99. The van der Waals surface area contributed by atoms with Crippen LogP contribution < -0.4 is 0 Å². The second-order valence-electron chi connectivity index (χ2n) is 6.60. The number of nitrogens with zero attached hydrogens (tertiary/aromatic N) is 1. The van der Waals surface area contributed by atoms with Gasteiger partial charge in [0.1, 0.15) is 0 Å². The van der Waals surface area contributed by atoms with Crippen molar-refractivity contribution >= 4 is 31.2 Å². The Morgan fingerprint density at radius 1 is 0.739 bits per heavy atom. The van der Waals surface area contributed by atoms with E-state index in [1.807, 2.05) is 0 Å². The van der Waals surface area contributed by atoms with Crippen LogP contribution in [0.2, 0.25) is 0 Å². The molecule has 0 heterocycles. The Bertz CT molecular complexity index is 256. The first kappa shape index (κ1) is 23.2. The third kappa shape index (κ3) is 15.4. The summed E-state index contributed by atoms with van der Waals surface area (Å²) in [5.74, 6) is 0.224. The zero-order chi connectivity index (χ0) is 17.3. The predicted molar refractivity (Wildman–Crippen MR) is 110 cm³/mol. The van der Waals surface area contributed by atoms with Gasteiger partial charge in [-0.2, -0.15) is 25.3 Å². The molecule has 0 aliphatic heterocycles. The van der Waals surface area contributed by atoms with Gasteiger partial charge in [0.2, 0.25) is 5.91 Å². The van der Waals surface area contributed by atoms with Crippen LogP contribution in [0, 0.1) is 0 Å². The van der Waals surface area contributed by atoms with Crippen LogP contribution in [-0.2, 0) is 4.79 Å². The van der Waals surface area contributed by atoms with Gasteiger partial charge in [0, 0.05) is 19.5 Å². The van der Waals surface area contributed by atoms with Crippen LogP contribution in [0.3, 0.4) is 0 Å². The molecule has 0 saturated heterocycles. The fourth-order valence-corrected chi connectivity index (χ4v) is 3.12. The van der Waals surface area contributed by atoms with Crippen molar-refractivity contribution in [1.29, 1.82) is 0 Å². The Labute approximate surface area is 156 Å². The van der Waals surface area contributed by atoms with E-state index in [1.54, 1.807) is 0 Å². The van der Waals surface area contributed by atoms with E-state index in [0.717, 1.165) is 25.9 Å². The topological polar surface area (TPSA) is 20.3 Å². The number of amides is 1. The highest BCUT2D eigenvalue weighted by Gasteiger charge is 2.14. The molecule has 138 valence electrons. The van der Waals surface area contributed by atoms with Gasteiger partial charge in [0.05, 0.1) is 4.58 Å². The zero-order valence-electron chi connectivity index (χ0n) is 15.4. The molecule has 0 aromatic rings. The molecule has 2 nitrogen and oxygen atoms in total. The van der Waals surface area contributed by atoms with E-state index in [1.165, 1.54) is 64.2 Å². The summed E-state index contributed by atoms with van der Waals surface area (Å²) in [4.78, 5) is 14.4. The van der Waals surface area contributed by atoms with Crippen molar-refractivity contribution in [2.45, 2.75) is 102 Å². The molecular formula is C19H39NOS2. The zero-order valence-corrected chi connectivity index (χ0v) is 17.2. The Kier molecular flexibility index (Phi) is 17.1. The molecule has 1 amide bonds. The molecule has 0 aromatic carbocycles. The van der Waals surface area contributed by atoms with Gasteiger partial charge in [0.25, 0.3) is 0 Å². The van der Waals surface area contributed by atoms with E-state index in [2.05, 4.69) is 44.0 Å². The lowest BCUT2D eigenvalue weighted by molar-refractivity contribution is -0.131. The molecule has 0 radical (unpaired) electrons. The van der Waals surface area contributed by atoms with Crippen LogP contribution >= 0.6 is 25.3 Å². The van der Waals surface area contributed by atoms with Crippen LogP contribution in [0.15, 0.2) is 0 Å². The molecule has 0 N–H and O–H groups in total. The smallest absolute Gasteiger partial charge is 0.224 e. The molecule has 0 atom stereocenters. The molecule has 0 aliphatic carbocycles. The van der Waals surface area contributed by atoms with Crippen molar-refractivity contribution < 1.29 is 4.79 Å². The molecule has 0 aromatic heterocycles. The first-order valence-electron chi connectivity index (χ1n) is 9.75. The van der Waals surface area contributed by atoms with E-state index < -0.39 is 0 Å². The number of hydrogen-bond donors (Lipinski definition) is 2. The lowest BCUT2D eigenvalue weighted by atomic mass is 10.1. The summed E-state index contributed by atoms with van der Waals surface area (Å²) in [6, 6.07) is 0. The first-order chi connectivity index (χ1) is 11.1. The number of hydrogen-bond acceptors (Lipinski definition) is 3. The van der Waals surface area contributed by atoms with Crippen molar-refractivity contribution in [2.24, 2.45) is 0 Å². The second-order valence-corrected chi connectivity index (χ2v) is 8.26. The van der Waals surface area contributed by atoms with E-state index >= 15 is 0 Å². The standard InChI is InChI=1S/C19H39NOS2/c1-3-5-7-9-11-13-15-20(18(21)17-19(22)23)16-14-12-10-8-6-4-2/h19,22-23H,3-17H2,1-2H3. The largest absolute Gasteiger partial charge is 0.343 e. The first-order valence-corrected chi connectivity index (χ1v) is 10.8. The summed E-state index contributed by atoms with van der Waals surface area (Å²) in [6.07, 6.45) is 15.7. The van der Waals surface area contributed by atoms with E-state index in [9.17, 15) is 4.79 Å². The van der Waals surface area contributed by atoms with Crippen LogP contribution in [0.1, 0.15) is 97.3 Å². The maximum atomic E-state index is 12.3. The third-order valence-corrected chi connectivity index (χ3v) is 4.64. The lowest BCUT2D eigenvalue weighted by Crippen LogP contribution is -2.33. The summed E-state index contributed by atoms with van der Waals surface area (Å²) < 4.78 is -0.140. The van der Waals surface area contributed by atoms with Crippen LogP contribution in [0.25, 0.3) is 0 Å². The summed E-state index contributed by atoms with van der Waals surface area (Å²) >= 11 is 8.49. The van der Waals surface area contributed by atoms with E-state index in [0.29, 0.717) is 6.42 Å². The number of carbonyl (C=O) groups excluding carboxylic acids is 1. The van der Waals surface area contributed by atoms with Gasteiger partial charge in [-0.25, -0.2) is 0 Å². The highest BCUT2D eigenvalue weighted by atomic mass is 32.2. The van der Waals surface area contributed by atoms with Gasteiger partial charge >= 0.3 is 0 Å². The Morgan fingerprint density at radius 2 is 1.13 bits per heavy atom.